The third-order valence-electron chi connectivity index (χ3n) is 5.06. The van der Waals surface area contributed by atoms with Gasteiger partial charge in [0.1, 0.15) is 11.6 Å². The fourth-order valence-electron chi connectivity index (χ4n) is 3.46. The summed E-state index contributed by atoms with van der Waals surface area (Å²) in [5.41, 5.74) is 7.50. The standard InChI is InChI=1S/C22H34N6O2/c1-4-7-18(10-11-29)28(6-3)20-12-19(26-22(27-20)17(5-2)13-23)24-14-16-8-9-21(30)25-15-16/h8-9,12-13,15,18,29H,4-7,10-11,14,23H2,1-3H3,(H,25,30)(H,24,26,27)/b17-13-. The first-order chi connectivity index (χ1) is 14.6. The predicted octanol–water partition coefficient (Wildman–Crippen LogP) is 2.86. The number of aliphatic hydroxyl groups excluding tert-OH is 1. The minimum absolute atomic E-state index is 0.129. The molecule has 0 amide bonds. The number of hydrogen-bond donors (Lipinski definition) is 4. The number of allylic oxidation sites excluding steroid dienone is 1. The van der Waals surface area contributed by atoms with Crippen LogP contribution in [0.4, 0.5) is 11.6 Å². The van der Waals surface area contributed by atoms with E-state index in [-0.39, 0.29) is 18.2 Å². The van der Waals surface area contributed by atoms with E-state index in [1.807, 2.05) is 13.0 Å². The summed E-state index contributed by atoms with van der Waals surface area (Å²) in [7, 11) is 0. The van der Waals surface area contributed by atoms with Crippen LogP contribution < -0.4 is 21.5 Å². The molecule has 5 N–H and O–H groups in total. The molecule has 8 nitrogen and oxygen atoms in total. The van der Waals surface area contributed by atoms with Gasteiger partial charge >= 0.3 is 0 Å². The summed E-state index contributed by atoms with van der Waals surface area (Å²) in [6.07, 6.45) is 6.65. The molecule has 2 aromatic rings. The number of nitrogens with zero attached hydrogens (tertiary/aromatic N) is 3. The van der Waals surface area contributed by atoms with Crippen molar-refractivity contribution in [2.45, 2.75) is 59.0 Å². The van der Waals surface area contributed by atoms with Crippen LogP contribution in [-0.4, -0.2) is 39.3 Å². The third kappa shape index (κ3) is 6.32. The summed E-state index contributed by atoms with van der Waals surface area (Å²) in [6.45, 7) is 7.68. The molecule has 164 valence electrons. The molecule has 0 aromatic carbocycles. The Morgan fingerprint density at radius 3 is 2.67 bits per heavy atom. The molecular formula is C22H34N6O2. The first-order valence-electron chi connectivity index (χ1n) is 10.6. The van der Waals surface area contributed by atoms with Gasteiger partial charge in [0.2, 0.25) is 5.56 Å². The molecule has 2 aromatic heterocycles. The first-order valence-corrected chi connectivity index (χ1v) is 10.6. The van der Waals surface area contributed by atoms with Gasteiger partial charge in [-0.2, -0.15) is 0 Å². The molecule has 2 heterocycles. The van der Waals surface area contributed by atoms with Crippen LogP contribution in [0.3, 0.4) is 0 Å². The van der Waals surface area contributed by atoms with Gasteiger partial charge in [-0.05, 0) is 31.7 Å². The van der Waals surface area contributed by atoms with Gasteiger partial charge in [0, 0.05) is 55.8 Å². The molecule has 0 aliphatic heterocycles. The van der Waals surface area contributed by atoms with Crippen molar-refractivity contribution in [2.24, 2.45) is 5.73 Å². The molecule has 1 atom stereocenters. The molecule has 2 rings (SSSR count). The molecular weight excluding hydrogens is 380 g/mol. The summed E-state index contributed by atoms with van der Waals surface area (Å²) in [6, 6.07) is 5.42. The van der Waals surface area contributed by atoms with Crippen LogP contribution in [0.15, 0.2) is 35.4 Å². The minimum Gasteiger partial charge on any atom is -0.404 e. The lowest BCUT2D eigenvalue weighted by molar-refractivity contribution is 0.269. The largest absolute Gasteiger partial charge is 0.404 e. The Balaban J connectivity index is 2.39. The van der Waals surface area contributed by atoms with Crippen LogP contribution in [0.2, 0.25) is 0 Å². The maximum atomic E-state index is 11.3. The van der Waals surface area contributed by atoms with Crippen LogP contribution >= 0.6 is 0 Å². The van der Waals surface area contributed by atoms with E-state index in [0.717, 1.165) is 42.8 Å². The molecule has 0 radical (unpaired) electrons. The molecule has 1 unspecified atom stereocenters. The second-order valence-corrected chi connectivity index (χ2v) is 7.14. The van der Waals surface area contributed by atoms with Crippen LogP contribution in [0.5, 0.6) is 0 Å². The average Bonchev–Trinajstić information content (AvgIpc) is 2.75. The molecule has 0 saturated heterocycles. The highest BCUT2D eigenvalue weighted by atomic mass is 16.3. The normalized spacial score (nSPS) is 12.6. The highest BCUT2D eigenvalue weighted by Gasteiger charge is 2.20. The monoisotopic (exact) mass is 414 g/mol. The lowest BCUT2D eigenvalue weighted by atomic mass is 10.1. The smallest absolute Gasteiger partial charge is 0.247 e. The minimum atomic E-state index is -0.129. The van der Waals surface area contributed by atoms with E-state index in [9.17, 15) is 9.90 Å². The number of nitrogens with one attached hydrogen (secondary N) is 2. The molecule has 30 heavy (non-hydrogen) atoms. The van der Waals surface area contributed by atoms with Crippen LogP contribution in [0.1, 0.15) is 57.8 Å². The topological polar surface area (TPSA) is 120 Å². The number of aliphatic hydroxyl groups is 1. The molecule has 8 heteroatoms. The van der Waals surface area contributed by atoms with Gasteiger partial charge in [0.15, 0.2) is 5.82 Å². The maximum absolute atomic E-state index is 11.3. The van der Waals surface area contributed by atoms with E-state index in [2.05, 4.69) is 34.0 Å². The number of H-pyrrole nitrogens is 1. The zero-order valence-corrected chi connectivity index (χ0v) is 18.2. The zero-order chi connectivity index (χ0) is 21.9. The molecule has 0 fully saturated rings. The van der Waals surface area contributed by atoms with E-state index in [4.69, 9.17) is 10.7 Å². The van der Waals surface area contributed by atoms with Crippen molar-refractivity contribution in [3.05, 3.63) is 52.3 Å². The Morgan fingerprint density at radius 1 is 1.30 bits per heavy atom. The summed E-state index contributed by atoms with van der Waals surface area (Å²) in [5, 5.41) is 12.9. The van der Waals surface area contributed by atoms with Crippen molar-refractivity contribution in [1.29, 1.82) is 0 Å². The summed E-state index contributed by atoms with van der Waals surface area (Å²) in [5.74, 6) is 2.09. The lowest BCUT2D eigenvalue weighted by Gasteiger charge is -2.32. The van der Waals surface area contributed by atoms with Crippen molar-refractivity contribution in [3.8, 4) is 0 Å². The molecule has 0 spiro atoms. The van der Waals surface area contributed by atoms with Crippen molar-refractivity contribution < 1.29 is 5.11 Å². The summed E-state index contributed by atoms with van der Waals surface area (Å²) < 4.78 is 0. The van der Waals surface area contributed by atoms with Gasteiger partial charge in [-0.25, -0.2) is 9.97 Å². The van der Waals surface area contributed by atoms with E-state index in [0.29, 0.717) is 24.6 Å². The Hall–Kier alpha value is -2.87. The van der Waals surface area contributed by atoms with Gasteiger partial charge in [-0.1, -0.05) is 26.3 Å². The molecule has 0 aliphatic carbocycles. The number of nitrogens with two attached hydrogens (primary N) is 1. The quantitative estimate of drug-likeness (QED) is 0.421. The molecule has 0 aliphatic rings. The Morgan fingerprint density at radius 2 is 2.10 bits per heavy atom. The van der Waals surface area contributed by atoms with Gasteiger partial charge < -0.3 is 26.0 Å². The number of hydrogen-bond acceptors (Lipinski definition) is 7. The number of aromatic nitrogens is 3. The second kappa shape index (κ2) is 12.0. The number of rotatable bonds is 12. The van der Waals surface area contributed by atoms with Crippen molar-refractivity contribution in [2.75, 3.05) is 23.4 Å². The highest BCUT2D eigenvalue weighted by Crippen LogP contribution is 2.25. The molecule has 0 bridgehead atoms. The van der Waals surface area contributed by atoms with Crippen LogP contribution in [0, 0.1) is 0 Å². The van der Waals surface area contributed by atoms with Crippen LogP contribution in [0.25, 0.3) is 5.57 Å². The maximum Gasteiger partial charge on any atom is 0.247 e. The van der Waals surface area contributed by atoms with Gasteiger partial charge in [-0.15, -0.1) is 0 Å². The fraction of sp³-hybridized carbons (Fsp3) is 0.500. The second-order valence-electron chi connectivity index (χ2n) is 7.14. The van der Waals surface area contributed by atoms with Crippen molar-refractivity contribution >= 4 is 17.2 Å². The Labute approximate surface area is 178 Å². The highest BCUT2D eigenvalue weighted by molar-refractivity contribution is 5.63. The first kappa shape index (κ1) is 23.4. The summed E-state index contributed by atoms with van der Waals surface area (Å²) in [4.78, 5) is 25.6. The Bertz CT molecular complexity index is 854. The number of anilines is 2. The average molecular weight is 415 g/mol. The SMILES string of the molecule is CCCC(CCO)N(CC)c1cc(NCc2ccc(=O)[nH]c2)nc(/C(=C\N)CC)n1. The van der Waals surface area contributed by atoms with Crippen LogP contribution in [-0.2, 0) is 6.54 Å². The van der Waals surface area contributed by atoms with E-state index in [1.165, 1.54) is 6.07 Å². The third-order valence-corrected chi connectivity index (χ3v) is 5.06. The fourth-order valence-corrected chi connectivity index (χ4v) is 3.46. The predicted molar refractivity (Wildman–Crippen MR) is 122 cm³/mol. The summed E-state index contributed by atoms with van der Waals surface area (Å²) >= 11 is 0. The Kier molecular flexibility index (Phi) is 9.34. The van der Waals surface area contributed by atoms with Gasteiger partial charge in [0.25, 0.3) is 0 Å². The van der Waals surface area contributed by atoms with E-state index < -0.39 is 0 Å². The van der Waals surface area contributed by atoms with Crippen molar-refractivity contribution in [1.82, 2.24) is 15.0 Å². The number of aromatic amines is 1. The zero-order valence-electron chi connectivity index (χ0n) is 18.2. The lowest BCUT2D eigenvalue weighted by Crippen LogP contribution is -2.37. The van der Waals surface area contributed by atoms with Gasteiger partial charge in [-0.3, -0.25) is 4.79 Å². The van der Waals surface area contributed by atoms with Gasteiger partial charge in [0.05, 0.1) is 0 Å². The van der Waals surface area contributed by atoms with E-state index in [1.54, 1.807) is 18.5 Å². The molecule has 0 saturated carbocycles. The number of pyridine rings is 1. The van der Waals surface area contributed by atoms with E-state index >= 15 is 0 Å². The van der Waals surface area contributed by atoms with Crippen molar-refractivity contribution in [3.63, 3.8) is 0 Å².